The molecule has 2 saturated heterocycles. The average Bonchev–Trinajstić information content (AvgIpc) is 3.61. The van der Waals surface area contributed by atoms with Gasteiger partial charge >= 0.3 is 0 Å². The molecular formula is C35H41N5O2. The zero-order valence-corrected chi connectivity index (χ0v) is 24.9. The first kappa shape index (κ1) is 27.3. The number of aromatic nitrogens is 3. The smallest absolute Gasteiger partial charge is 0.249 e. The molecule has 7 rings (SSSR count). The van der Waals surface area contributed by atoms with E-state index in [4.69, 9.17) is 20.6 Å². The molecule has 4 heterocycles. The molecular weight excluding hydrogens is 522 g/mol. The van der Waals surface area contributed by atoms with E-state index in [-0.39, 0.29) is 6.23 Å². The highest BCUT2D eigenvalue weighted by atomic mass is 16.5. The molecule has 2 aliphatic heterocycles. The number of carbonyl (C=O) groups excluding carboxylic acids is 1. The predicted octanol–water partition coefficient (Wildman–Crippen LogP) is 6.52. The maximum absolute atomic E-state index is 12.1. The number of hydrogen-bond acceptors (Lipinski definition) is 5. The van der Waals surface area contributed by atoms with Crippen molar-refractivity contribution in [2.45, 2.75) is 83.9 Å². The number of ether oxygens (including phenoxy) is 1. The first-order valence-electron chi connectivity index (χ1n) is 15.7. The highest BCUT2D eigenvalue weighted by Crippen LogP contribution is 2.36. The number of amides is 1. The number of likely N-dealkylation sites (tertiary alicyclic amines) is 1. The number of carbonyl (C=O) groups is 1. The van der Waals surface area contributed by atoms with Gasteiger partial charge in [0.05, 0.1) is 0 Å². The molecule has 0 spiro atoms. The first-order valence-corrected chi connectivity index (χ1v) is 15.7. The lowest BCUT2D eigenvalue weighted by atomic mass is 9.95. The maximum Gasteiger partial charge on any atom is 0.249 e. The van der Waals surface area contributed by atoms with Crippen LogP contribution in [0.5, 0.6) is 0 Å². The molecule has 7 heteroatoms. The molecule has 1 aliphatic carbocycles. The molecule has 7 nitrogen and oxygen atoms in total. The summed E-state index contributed by atoms with van der Waals surface area (Å²) in [6.07, 6.45) is 12.5. The standard InChI is InChI=1S/C35H41N5O2/c1-22-17-27(18-23(2)32(22)34(36)41)33-30-20-28(21-37-35(30)40(38-33)31-7-3-6-16-42-31)26-9-8-24-10-12-29(13-11-25(24)19-26)39-14-4-5-15-39/h8-9,17-21,29,31H,3-7,10-16H2,1-2H3,(H2,36,41)/t29-,31?/m0/s1. The molecule has 2 fully saturated rings. The number of fused-ring (bicyclic) bond motifs is 2. The quantitative estimate of drug-likeness (QED) is 0.279. The van der Waals surface area contributed by atoms with Crippen molar-refractivity contribution < 1.29 is 9.53 Å². The molecule has 0 radical (unpaired) electrons. The number of nitrogens with zero attached hydrogens (tertiary/aromatic N) is 4. The summed E-state index contributed by atoms with van der Waals surface area (Å²) >= 11 is 0. The van der Waals surface area contributed by atoms with Crippen LogP contribution < -0.4 is 5.73 Å². The van der Waals surface area contributed by atoms with Gasteiger partial charge in [-0.2, -0.15) is 5.10 Å². The first-order chi connectivity index (χ1) is 20.5. The van der Waals surface area contributed by atoms with Gasteiger partial charge in [0.25, 0.3) is 0 Å². The molecule has 0 saturated carbocycles. The van der Waals surface area contributed by atoms with E-state index in [1.54, 1.807) is 0 Å². The largest absolute Gasteiger partial charge is 0.366 e. The molecule has 2 aromatic carbocycles. The number of rotatable bonds is 5. The highest BCUT2D eigenvalue weighted by molar-refractivity contribution is 5.98. The zero-order valence-electron chi connectivity index (χ0n) is 24.9. The summed E-state index contributed by atoms with van der Waals surface area (Å²) < 4.78 is 8.12. The lowest BCUT2D eigenvalue weighted by Gasteiger charge is -2.26. The Morgan fingerprint density at radius 2 is 1.64 bits per heavy atom. The van der Waals surface area contributed by atoms with E-state index >= 15 is 0 Å². The van der Waals surface area contributed by atoms with Crippen molar-refractivity contribution in [2.75, 3.05) is 19.7 Å². The molecule has 1 unspecified atom stereocenters. The number of aryl methyl sites for hydroxylation is 4. The second-order valence-electron chi connectivity index (χ2n) is 12.5. The summed E-state index contributed by atoms with van der Waals surface area (Å²) in [6.45, 7) is 7.15. The van der Waals surface area contributed by atoms with Crippen LogP contribution >= 0.6 is 0 Å². The van der Waals surface area contributed by atoms with Gasteiger partial charge in [-0.05, 0) is 131 Å². The monoisotopic (exact) mass is 563 g/mol. The summed E-state index contributed by atoms with van der Waals surface area (Å²) in [5, 5.41) is 6.11. The van der Waals surface area contributed by atoms with E-state index in [0.717, 1.165) is 77.7 Å². The molecule has 4 aromatic rings. The van der Waals surface area contributed by atoms with Crippen LogP contribution in [-0.2, 0) is 17.6 Å². The van der Waals surface area contributed by atoms with Crippen molar-refractivity contribution in [2.24, 2.45) is 5.73 Å². The Hall–Kier alpha value is -3.55. The molecule has 3 aliphatic rings. The molecule has 218 valence electrons. The minimum absolute atomic E-state index is 0.128. The molecule has 1 amide bonds. The second-order valence-corrected chi connectivity index (χ2v) is 12.5. The Morgan fingerprint density at radius 1 is 0.881 bits per heavy atom. The van der Waals surface area contributed by atoms with Gasteiger partial charge in [-0.3, -0.25) is 4.79 Å². The number of hydrogen-bond donors (Lipinski definition) is 1. The molecule has 2 N–H and O–H groups in total. The lowest BCUT2D eigenvalue weighted by molar-refractivity contribution is -0.0368. The number of nitrogens with two attached hydrogens (primary N) is 1. The second kappa shape index (κ2) is 11.3. The fraction of sp³-hybridized carbons (Fsp3) is 0.457. The summed E-state index contributed by atoms with van der Waals surface area (Å²) in [7, 11) is 0. The molecule has 42 heavy (non-hydrogen) atoms. The van der Waals surface area contributed by atoms with Gasteiger partial charge in [0.1, 0.15) is 5.69 Å². The third-order valence-corrected chi connectivity index (χ3v) is 9.72. The van der Waals surface area contributed by atoms with E-state index in [1.165, 1.54) is 55.5 Å². The van der Waals surface area contributed by atoms with E-state index < -0.39 is 5.91 Å². The van der Waals surface area contributed by atoms with E-state index in [1.807, 2.05) is 36.9 Å². The van der Waals surface area contributed by atoms with Gasteiger partial charge in [0.15, 0.2) is 11.9 Å². The van der Waals surface area contributed by atoms with Crippen molar-refractivity contribution in [1.82, 2.24) is 19.7 Å². The van der Waals surface area contributed by atoms with Gasteiger partial charge < -0.3 is 15.4 Å². The van der Waals surface area contributed by atoms with E-state index in [2.05, 4.69) is 29.2 Å². The molecule has 2 atom stereocenters. The van der Waals surface area contributed by atoms with Crippen LogP contribution in [0.25, 0.3) is 33.4 Å². The van der Waals surface area contributed by atoms with Crippen LogP contribution in [0.3, 0.4) is 0 Å². The number of benzene rings is 2. The normalized spacial score (nSPS) is 21.4. The minimum Gasteiger partial charge on any atom is -0.366 e. The summed E-state index contributed by atoms with van der Waals surface area (Å²) in [5.74, 6) is -0.401. The average molecular weight is 564 g/mol. The lowest BCUT2D eigenvalue weighted by Crippen LogP contribution is -2.32. The van der Waals surface area contributed by atoms with Crippen LogP contribution in [0.4, 0.5) is 0 Å². The SMILES string of the molecule is Cc1cc(-c2nn(C3CCCCO3)c3ncc(-c4ccc5c(c4)CC[C@@H](N4CCCC4)CC5)cc23)cc(C)c1C(N)=O. The van der Waals surface area contributed by atoms with Crippen molar-refractivity contribution in [3.8, 4) is 22.4 Å². The van der Waals surface area contributed by atoms with Crippen LogP contribution in [0.2, 0.25) is 0 Å². The van der Waals surface area contributed by atoms with Crippen molar-refractivity contribution >= 4 is 16.9 Å². The molecule has 0 bridgehead atoms. The van der Waals surface area contributed by atoms with Crippen molar-refractivity contribution in [1.29, 1.82) is 0 Å². The van der Waals surface area contributed by atoms with Gasteiger partial charge in [-0.1, -0.05) is 18.2 Å². The summed E-state index contributed by atoms with van der Waals surface area (Å²) in [6, 6.07) is 14.0. The Labute approximate surface area is 248 Å². The zero-order chi connectivity index (χ0) is 28.8. The number of primary amides is 1. The third kappa shape index (κ3) is 5.03. The summed E-state index contributed by atoms with van der Waals surface area (Å²) in [4.78, 5) is 19.8. The topological polar surface area (TPSA) is 86.3 Å². The van der Waals surface area contributed by atoms with Gasteiger partial charge in [0.2, 0.25) is 5.91 Å². The van der Waals surface area contributed by atoms with E-state index in [0.29, 0.717) is 11.6 Å². The fourth-order valence-corrected chi connectivity index (χ4v) is 7.54. The van der Waals surface area contributed by atoms with Crippen LogP contribution in [0.1, 0.15) is 83.8 Å². The molecule has 2 aromatic heterocycles. The Bertz CT molecular complexity index is 1620. The van der Waals surface area contributed by atoms with Crippen LogP contribution in [0, 0.1) is 13.8 Å². The number of pyridine rings is 1. The van der Waals surface area contributed by atoms with Crippen LogP contribution in [-0.4, -0.2) is 51.3 Å². The van der Waals surface area contributed by atoms with E-state index in [9.17, 15) is 4.79 Å². The van der Waals surface area contributed by atoms with Gasteiger partial charge in [-0.15, -0.1) is 0 Å². The summed E-state index contributed by atoms with van der Waals surface area (Å²) in [5.41, 5.74) is 15.9. The van der Waals surface area contributed by atoms with Crippen molar-refractivity contribution in [3.05, 3.63) is 70.4 Å². The Morgan fingerprint density at radius 3 is 2.36 bits per heavy atom. The van der Waals surface area contributed by atoms with Crippen molar-refractivity contribution in [3.63, 3.8) is 0 Å². The Kier molecular flexibility index (Phi) is 7.32. The van der Waals surface area contributed by atoms with Gasteiger partial charge in [-0.25, -0.2) is 9.67 Å². The highest BCUT2D eigenvalue weighted by Gasteiger charge is 2.26. The third-order valence-electron chi connectivity index (χ3n) is 9.72. The van der Waals surface area contributed by atoms with Crippen LogP contribution in [0.15, 0.2) is 42.6 Å². The predicted molar refractivity (Wildman–Crippen MR) is 166 cm³/mol. The maximum atomic E-state index is 12.1. The van der Waals surface area contributed by atoms with Gasteiger partial charge in [0, 0.05) is 40.9 Å². The fourth-order valence-electron chi connectivity index (χ4n) is 7.54. The Balaban J connectivity index is 1.28. The minimum atomic E-state index is -0.401.